The smallest absolute Gasteiger partial charge is 0.267 e. The fourth-order valence-electron chi connectivity index (χ4n) is 2.93. The predicted octanol–water partition coefficient (Wildman–Crippen LogP) is 3.35. The monoisotopic (exact) mass is 285 g/mol. The van der Waals surface area contributed by atoms with Crippen molar-refractivity contribution in [2.45, 2.75) is 38.0 Å². The minimum absolute atomic E-state index is 0.120. The van der Waals surface area contributed by atoms with Gasteiger partial charge in [-0.3, -0.25) is 9.48 Å². The lowest BCUT2D eigenvalue weighted by Gasteiger charge is -2.20. The average molecular weight is 285 g/mol. The van der Waals surface area contributed by atoms with Crippen molar-refractivity contribution in [3.8, 4) is 0 Å². The molecule has 5 nitrogen and oxygen atoms in total. The van der Waals surface area contributed by atoms with E-state index in [4.69, 9.17) is 4.42 Å². The Bertz CT molecular complexity index is 635. The van der Waals surface area contributed by atoms with E-state index in [0.717, 1.165) is 11.3 Å². The SMILES string of the molecule is Cn1cc(C=CC(=O)c2ncco2)c(C2CCCCC2)n1. The minimum atomic E-state index is -0.224. The fourth-order valence-corrected chi connectivity index (χ4v) is 2.93. The second-order valence-electron chi connectivity index (χ2n) is 5.51. The maximum Gasteiger partial charge on any atom is 0.267 e. The molecular weight excluding hydrogens is 266 g/mol. The van der Waals surface area contributed by atoms with E-state index in [-0.39, 0.29) is 11.7 Å². The normalized spacial score (nSPS) is 16.6. The van der Waals surface area contributed by atoms with Crippen molar-refractivity contribution in [2.24, 2.45) is 7.05 Å². The number of aromatic nitrogens is 3. The van der Waals surface area contributed by atoms with E-state index < -0.39 is 0 Å². The van der Waals surface area contributed by atoms with Crippen LogP contribution < -0.4 is 0 Å². The van der Waals surface area contributed by atoms with Crippen LogP contribution in [0.15, 0.2) is 29.2 Å². The van der Waals surface area contributed by atoms with Crippen LogP contribution in [0.3, 0.4) is 0 Å². The molecule has 0 bridgehead atoms. The largest absolute Gasteiger partial charge is 0.442 e. The molecule has 21 heavy (non-hydrogen) atoms. The van der Waals surface area contributed by atoms with Crippen LogP contribution >= 0.6 is 0 Å². The van der Waals surface area contributed by atoms with Crippen LogP contribution in [-0.2, 0) is 7.05 Å². The molecule has 0 unspecified atom stereocenters. The highest BCUT2D eigenvalue weighted by Gasteiger charge is 2.20. The van der Waals surface area contributed by atoms with Gasteiger partial charge in [-0.2, -0.15) is 5.10 Å². The summed E-state index contributed by atoms with van der Waals surface area (Å²) >= 11 is 0. The van der Waals surface area contributed by atoms with Crippen molar-refractivity contribution in [3.05, 3.63) is 41.9 Å². The lowest BCUT2D eigenvalue weighted by Crippen LogP contribution is -2.07. The lowest BCUT2D eigenvalue weighted by molar-refractivity contribution is 0.101. The van der Waals surface area contributed by atoms with Gasteiger partial charge in [0.1, 0.15) is 6.26 Å². The van der Waals surface area contributed by atoms with Crippen molar-refractivity contribution in [3.63, 3.8) is 0 Å². The highest BCUT2D eigenvalue weighted by Crippen LogP contribution is 2.33. The number of aryl methyl sites for hydroxylation is 1. The van der Waals surface area contributed by atoms with E-state index in [9.17, 15) is 4.79 Å². The number of carbonyl (C=O) groups excluding carboxylic acids is 1. The molecule has 0 N–H and O–H groups in total. The second-order valence-corrected chi connectivity index (χ2v) is 5.51. The van der Waals surface area contributed by atoms with E-state index in [2.05, 4.69) is 10.1 Å². The van der Waals surface area contributed by atoms with Gasteiger partial charge in [0.15, 0.2) is 0 Å². The van der Waals surface area contributed by atoms with Gasteiger partial charge in [0.05, 0.1) is 11.9 Å². The highest BCUT2D eigenvalue weighted by molar-refractivity contribution is 6.03. The van der Waals surface area contributed by atoms with Crippen molar-refractivity contribution < 1.29 is 9.21 Å². The zero-order valence-electron chi connectivity index (χ0n) is 12.2. The van der Waals surface area contributed by atoms with Crippen molar-refractivity contribution in [1.82, 2.24) is 14.8 Å². The van der Waals surface area contributed by atoms with Gasteiger partial charge < -0.3 is 4.42 Å². The Kier molecular flexibility index (Phi) is 3.99. The van der Waals surface area contributed by atoms with Crippen LogP contribution in [0.25, 0.3) is 6.08 Å². The van der Waals surface area contributed by atoms with Gasteiger partial charge in [0, 0.05) is 24.7 Å². The Hall–Kier alpha value is -2.17. The van der Waals surface area contributed by atoms with Gasteiger partial charge in [0.25, 0.3) is 5.89 Å². The molecule has 0 aliphatic heterocycles. The van der Waals surface area contributed by atoms with Crippen LogP contribution in [0.5, 0.6) is 0 Å². The molecule has 2 aromatic rings. The third kappa shape index (κ3) is 3.12. The van der Waals surface area contributed by atoms with E-state index in [0.29, 0.717) is 5.92 Å². The molecule has 110 valence electrons. The maximum absolute atomic E-state index is 11.9. The van der Waals surface area contributed by atoms with Crippen LogP contribution in [0, 0.1) is 0 Å². The zero-order chi connectivity index (χ0) is 14.7. The van der Waals surface area contributed by atoms with Gasteiger partial charge in [0.2, 0.25) is 5.78 Å². The van der Waals surface area contributed by atoms with Crippen LogP contribution in [0.1, 0.15) is 60.0 Å². The molecule has 0 saturated heterocycles. The lowest BCUT2D eigenvalue weighted by atomic mass is 9.85. The number of allylic oxidation sites excluding steroid dienone is 1. The Morgan fingerprint density at radius 1 is 1.38 bits per heavy atom. The van der Waals surface area contributed by atoms with E-state index >= 15 is 0 Å². The molecule has 5 heteroatoms. The molecule has 0 spiro atoms. The number of carbonyl (C=O) groups is 1. The summed E-state index contributed by atoms with van der Waals surface area (Å²) in [5, 5.41) is 4.59. The van der Waals surface area contributed by atoms with Gasteiger partial charge in [-0.1, -0.05) is 19.3 Å². The molecule has 1 aliphatic carbocycles. The van der Waals surface area contributed by atoms with Gasteiger partial charge >= 0.3 is 0 Å². The maximum atomic E-state index is 11.9. The number of rotatable bonds is 4. The molecule has 1 aliphatic rings. The standard InChI is InChI=1S/C16H19N3O2/c1-19-11-13(7-8-14(20)16-17-9-10-21-16)15(18-19)12-5-3-2-4-6-12/h7-12H,2-6H2,1H3. The van der Waals surface area contributed by atoms with Gasteiger partial charge in [-0.15, -0.1) is 0 Å². The van der Waals surface area contributed by atoms with Crippen LogP contribution in [0.4, 0.5) is 0 Å². The van der Waals surface area contributed by atoms with Crippen molar-refractivity contribution in [2.75, 3.05) is 0 Å². The molecule has 0 radical (unpaired) electrons. The molecule has 1 fully saturated rings. The summed E-state index contributed by atoms with van der Waals surface area (Å²) in [6.07, 6.45) is 14.4. The summed E-state index contributed by atoms with van der Waals surface area (Å²) in [6.45, 7) is 0. The first kappa shape index (κ1) is 13.8. The van der Waals surface area contributed by atoms with Crippen molar-refractivity contribution >= 4 is 11.9 Å². The number of nitrogens with zero attached hydrogens (tertiary/aromatic N) is 3. The molecule has 2 heterocycles. The first-order valence-corrected chi connectivity index (χ1v) is 7.39. The fraction of sp³-hybridized carbons (Fsp3) is 0.438. The highest BCUT2D eigenvalue weighted by atomic mass is 16.3. The first-order chi connectivity index (χ1) is 10.2. The predicted molar refractivity (Wildman–Crippen MR) is 78.9 cm³/mol. The van der Waals surface area contributed by atoms with E-state index in [1.54, 1.807) is 0 Å². The second kappa shape index (κ2) is 6.08. The van der Waals surface area contributed by atoms with E-state index in [1.165, 1.54) is 50.6 Å². The Labute approximate surface area is 123 Å². The van der Waals surface area contributed by atoms with Gasteiger partial charge in [-0.05, 0) is 25.0 Å². The first-order valence-electron chi connectivity index (χ1n) is 7.39. The number of hydrogen-bond donors (Lipinski definition) is 0. The summed E-state index contributed by atoms with van der Waals surface area (Å²) in [7, 11) is 1.92. The third-order valence-corrected chi connectivity index (χ3v) is 3.94. The number of ketones is 1. The Morgan fingerprint density at radius 2 is 2.19 bits per heavy atom. The molecule has 2 aromatic heterocycles. The number of hydrogen-bond acceptors (Lipinski definition) is 4. The molecule has 1 saturated carbocycles. The van der Waals surface area contributed by atoms with Crippen molar-refractivity contribution in [1.29, 1.82) is 0 Å². The summed E-state index contributed by atoms with van der Waals surface area (Å²) in [4.78, 5) is 15.8. The molecule has 0 atom stereocenters. The van der Waals surface area contributed by atoms with Crippen LogP contribution in [-0.4, -0.2) is 20.5 Å². The summed E-state index contributed by atoms with van der Waals surface area (Å²) in [5.41, 5.74) is 2.12. The Morgan fingerprint density at radius 3 is 2.90 bits per heavy atom. The molecule has 0 amide bonds. The average Bonchev–Trinajstić information content (AvgIpc) is 3.15. The number of oxazole rings is 1. The summed E-state index contributed by atoms with van der Waals surface area (Å²) in [6, 6.07) is 0. The van der Waals surface area contributed by atoms with Gasteiger partial charge in [-0.25, -0.2) is 4.98 Å². The summed E-state index contributed by atoms with van der Waals surface area (Å²) in [5.74, 6) is 0.407. The van der Waals surface area contributed by atoms with Crippen LogP contribution in [0.2, 0.25) is 0 Å². The Balaban J connectivity index is 1.80. The molecule has 3 rings (SSSR count). The van der Waals surface area contributed by atoms with E-state index in [1.807, 2.05) is 24.0 Å². The zero-order valence-corrected chi connectivity index (χ0v) is 12.2. The quantitative estimate of drug-likeness (QED) is 0.638. The minimum Gasteiger partial charge on any atom is -0.442 e. The molecule has 0 aromatic carbocycles. The topological polar surface area (TPSA) is 60.9 Å². The molecular formula is C16H19N3O2. The summed E-state index contributed by atoms with van der Waals surface area (Å²) < 4.78 is 6.82. The third-order valence-electron chi connectivity index (χ3n) is 3.94.